The maximum atomic E-state index is 12.1. The molecule has 1 heterocycles. The van der Waals surface area contributed by atoms with Crippen molar-refractivity contribution < 1.29 is 9.53 Å². The molecule has 106 valence electrons. The minimum Gasteiger partial charge on any atom is -0.405 e. The number of hydrogen-bond donors (Lipinski definition) is 0. The van der Waals surface area contributed by atoms with Crippen LogP contribution in [0.1, 0.15) is 17.2 Å². The Kier molecular flexibility index (Phi) is 2.97. The van der Waals surface area contributed by atoms with E-state index in [1.54, 1.807) is 0 Å². The van der Waals surface area contributed by atoms with E-state index in [9.17, 15) is 4.79 Å². The Morgan fingerprint density at radius 2 is 1.55 bits per heavy atom. The van der Waals surface area contributed by atoms with Crippen LogP contribution in [0.5, 0.6) is 0 Å². The Labute approximate surface area is 127 Å². The van der Waals surface area contributed by atoms with Gasteiger partial charge in [0.2, 0.25) is 5.90 Å². The van der Waals surface area contributed by atoms with Crippen LogP contribution in [-0.2, 0) is 9.53 Å². The highest BCUT2D eigenvalue weighted by molar-refractivity contribution is 6.08. The molecule has 0 spiro atoms. The van der Waals surface area contributed by atoms with E-state index in [1.807, 2.05) is 72.8 Å². The van der Waals surface area contributed by atoms with Gasteiger partial charge in [-0.25, -0.2) is 9.79 Å². The molecule has 3 aromatic rings. The SMILES string of the molecule is O=C1OC(c2ccc3ccccc3c2)=NC1c1ccccc1. The maximum absolute atomic E-state index is 12.1. The van der Waals surface area contributed by atoms with Gasteiger partial charge in [-0.05, 0) is 28.5 Å². The van der Waals surface area contributed by atoms with Crippen molar-refractivity contribution in [1.29, 1.82) is 0 Å². The van der Waals surface area contributed by atoms with Crippen molar-refractivity contribution in [2.75, 3.05) is 0 Å². The second kappa shape index (κ2) is 5.11. The zero-order valence-electron chi connectivity index (χ0n) is 11.8. The van der Waals surface area contributed by atoms with Gasteiger partial charge in [0.05, 0.1) is 0 Å². The fraction of sp³-hybridized carbons (Fsp3) is 0.0526. The third-order valence-corrected chi connectivity index (χ3v) is 3.78. The van der Waals surface area contributed by atoms with Crippen molar-refractivity contribution in [2.24, 2.45) is 4.99 Å². The molecule has 3 aromatic carbocycles. The zero-order chi connectivity index (χ0) is 14.9. The zero-order valence-corrected chi connectivity index (χ0v) is 11.8. The molecule has 1 aliphatic rings. The van der Waals surface area contributed by atoms with Gasteiger partial charge < -0.3 is 4.74 Å². The molecule has 1 aliphatic heterocycles. The quantitative estimate of drug-likeness (QED) is 0.671. The first-order valence-corrected chi connectivity index (χ1v) is 7.15. The molecule has 0 saturated carbocycles. The van der Waals surface area contributed by atoms with Gasteiger partial charge in [-0.2, -0.15) is 0 Å². The van der Waals surface area contributed by atoms with E-state index >= 15 is 0 Å². The summed E-state index contributed by atoms with van der Waals surface area (Å²) >= 11 is 0. The Balaban J connectivity index is 1.74. The predicted molar refractivity (Wildman–Crippen MR) is 85.8 cm³/mol. The number of benzene rings is 3. The molecule has 0 fully saturated rings. The molecule has 0 amide bonds. The first kappa shape index (κ1) is 12.8. The van der Waals surface area contributed by atoms with Crippen molar-refractivity contribution in [1.82, 2.24) is 0 Å². The van der Waals surface area contributed by atoms with E-state index in [0.717, 1.165) is 21.9 Å². The minimum absolute atomic E-state index is 0.325. The summed E-state index contributed by atoms with van der Waals surface area (Å²) in [4.78, 5) is 16.5. The lowest BCUT2D eigenvalue weighted by molar-refractivity contribution is -0.135. The van der Waals surface area contributed by atoms with E-state index in [0.29, 0.717) is 5.90 Å². The molecule has 3 nitrogen and oxygen atoms in total. The summed E-state index contributed by atoms with van der Waals surface area (Å²) in [5, 5.41) is 2.25. The molecule has 4 rings (SSSR count). The van der Waals surface area contributed by atoms with Crippen molar-refractivity contribution >= 4 is 22.6 Å². The van der Waals surface area contributed by atoms with Gasteiger partial charge >= 0.3 is 5.97 Å². The summed E-state index contributed by atoms with van der Waals surface area (Å²) in [5.74, 6) is 0.0685. The van der Waals surface area contributed by atoms with Gasteiger partial charge in [0.15, 0.2) is 6.04 Å². The normalized spacial score (nSPS) is 17.4. The lowest BCUT2D eigenvalue weighted by atomic mass is 10.1. The Morgan fingerprint density at radius 3 is 2.36 bits per heavy atom. The number of rotatable bonds is 2. The molecule has 0 aromatic heterocycles. The second-order valence-electron chi connectivity index (χ2n) is 5.23. The van der Waals surface area contributed by atoms with Gasteiger partial charge in [-0.3, -0.25) is 0 Å². The van der Waals surface area contributed by atoms with Gasteiger partial charge in [0.1, 0.15) is 0 Å². The van der Waals surface area contributed by atoms with Crippen LogP contribution in [-0.4, -0.2) is 11.9 Å². The molecule has 0 aliphatic carbocycles. The number of hydrogen-bond acceptors (Lipinski definition) is 3. The predicted octanol–water partition coefficient (Wildman–Crippen LogP) is 3.88. The number of cyclic esters (lactones) is 1. The van der Waals surface area contributed by atoms with Gasteiger partial charge in [-0.15, -0.1) is 0 Å². The third kappa shape index (κ3) is 2.17. The molecule has 0 saturated heterocycles. The Hall–Kier alpha value is -2.94. The standard InChI is InChI=1S/C19H13NO2/c21-19-17(14-7-2-1-3-8-14)20-18(22-19)16-11-10-13-6-4-5-9-15(13)12-16/h1-12,17H. The lowest BCUT2D eigenvalue weighted by Gasteiger charge is -2.02. The monoisotopic (exact) mass is 287 g/mol. The minimum atomic E-state index is -0.567. The highest BCUT2D eigenvalue weighted by Gasteiger charge is 2.31. The number of carbonyl (C=O) groups excluding carboxylic acids is 1. The number of fused-ring (bicyclic) bond motifs is 1. The largest absolute Gasteiger partial charge is 0.405 e. The van der Waals surface area contributed by atoms with Crippen LogP contribution >= 0.6 is 0 Å². The third-order valence-electron chi connectivity index (χ3n) is 3.78. The van der Waals surface area contributed by atoms with Crippen molar-refractivity contribution in [2.45, 2.75) is 6.04 Å². The van der Waals surface area contributed by atoms with Crippen LogP contribution in [0.3, 0.4) is 0 Å². The van der Waals surface area contributed by atoms with Crippen LogP contribution in [0.2, 0.25) is 0 Å². The average Bonchev–Trinajstić information content (AvgIpc) is 2.97. The second-order valence-corrected chi connectivity index (χ2v) is 5.23. The summed E-state index contributed by atoms with van der Waals surface area (Å²) in [6.07, 6.45) is 0. The highest BCUT2D eigenvalue weighted by atomic mass is 16.6. The summed E-state index contributed by atoms with van der Waals surface area (Å²) in [6, 6.07) is 22.9. The van der Waals surface area contributed by atoms with E-state index in [4.69, 9.17) is 4.74 Å². The average molecular weight is 287 g/mol. The Morgan fingerprint density at radius 1 is 0.818 bits per heavy atom. The molecule has 1 atom stereocenters. The lowest BCUT2D eigenvalue weighted by Crippen LogP contribution is -2.08. The summed E-state index contributed by atoms with van der Waals surface area (Å²) in [5.41, 5.74) is 1.67. The van der Waals surface area contributed by atoms with Gasteiger partial charge in [0.25, 0.3) is 0 Å². The number of aliphatic imine (C=N–C) groups is 1. The first-order chi connectivity index (χ1) is 10.8. The summed E-state index contributed by atoms with van der Waals surface area (Å²) in [6.45, 7) is 0. The molecular formula is C19H13NO2. The smallest absolute Gasteiger partial charge is 0.342 e. The summed E-state index contributed by atoms with van der Waals surface area (Å²) in [7, 11) is 0. The molecule has 1 unspecified atom stereocenters. The van der Waals surface area contributed by atoms with E-state index in [-0.39, 0.29) is 5.97 Å². The van der Waals surface area contributed by atoms with Crippen LogP contribution < -0.4 is 0 Å². The van der Waals surface area contributed by atoms with E-state index in [2.05, 4.69) is 4.99 Å². The van der Waals surface area contributed by atoms with Crippen LogP contribution in [0.4, 0.5) is 0 Å². The molecule has 22 heavy (non-hydrogen) atoms. The van der Waals surface area contributed by atoms with Crippen molar-refractivity contribution in [3.63, 3.8) is 0 Å². The van der Waals surface area contributed by atoms with E-state index < -0.39 is 6.04 Å². The Bertz CT molecular complexity index is 884. The molecule has 3 heteroatoms. The molecular weight excluding hydrogens is 274 g/mol. The number of esters is 1. The van der Waals surface area contributed by atoms with Crippen LogP contribution in [0.15, 0.2) is 77.8 Å². The highest BCUT2D eigenvalue weighted by Crippen LogP contribution is 2.27. The fourth-order valence-corrected chi connectivity index (χ4v) is 2.65. The topological polar surface area (TPSA) is 38.7 Å². The number of ether oxygens (including phenoxy) is 1. The molecule has 0 bridgehead atoms. The number of nitrogens with zero attached hydrogens (tertiary/aromatic N) is 1. The van der Waals surface area contributed by atoms with Crippen LogP contribution in [0.25, 0.3) is 10.8 Å². The maximum Gasteiger partial charge on any atom is 0.342 e. The van der Waals surface area contributed by atoms with E-state index in [1.165, 1.54) is 0 Å². The fourth-order valence-electron chi connectivity index (χ4n) is 2.65. The summed E-state index contributed by atoms with van der Waals surface area (Å²) < 4.78 is 5.37. The molecule has 0 N–H and O–H groups in total. The number of carbonyl (C=O) groups is 1. The van der Waals surface area contributed by atoms with Gasteiger partial charge in [0, 0.05) is 5.56 Å². The van der Waals surface area contributed by atoms with Gasteiger partial charge in [-0.1, -0.05) is 60.7 Å². The first-order valence-electron chi connectivity index (χ1n) is 7.15. The van der Waals surface area contributed by atoms with Crippen molar-refractivity contribution in [3.05, 3.63) is 83.9 Å². The molecule has 0 radical (unpaired) electrons. The van der Waals surface area contributed by atoms with Crippen LogP contribution in [0, 0.1) is 0 Å². The van der Waals surface area contributed by atoms with Crippen molar-refractivity contribution in [3.8, 4) is 0 Å².